The van der Waals surface area contributed by atoms with Crippen LogP contribution in [0.25, 0.3) is 0 Å². The fourth-order valence-corrected chi connectivity index (χ4v) is 2.84. The molecule has 1 saturated carbocycles. The van der Waals surface area contributed by atoms with Crippen molar-refractivity contribution in [2.75, 3.05) is 33.3 Å². The highest BCUT2D eigenvalue weighted by Gasteiger charge is 2.46. The summed E-state index contributed by atoms with van der Waals surface area (Å²) in [4.78, 5) is 26.6. The number of nitrogens with zero attached hydrogens (tertiary/aromatic N) is 2. The molecule has 2 aliphatic rings. The van der Waals surface area contributed by atoms with Crippen molar-refractivity contribution in [1.29, 1.82) is 0 Å². The molecule has 0 spiro atoms. The first-order chi connectivity index (χ1) is 10.7. The Bertz CT molecular complexity index is 546. The Labute approximate surface area is 130 Å². The molecule has 0 atom stereocenters. The van der Waals surface area contributed by atoms with Crippen LogP contribution in [0.15, 0.2) is 24.3 Å². The second kappa shape index (κ2) is 5.87. The zero-order valence-electron chi connectivity index (χ0n) is 12.7. The molecular formula is C16H21N3O3. The van der Waals surface area contributed by atoms with Gasteiger partial charge in [0.1, 0.15) is 5.75 Å². The summed E-state index contributed by atoms with van der Waals surface area (Å²) in [6.45, 7) is 2.38. The van der Waals surface area contributed by atoms with E-state index in [0.29, 0.717) is 26.2 Å². The Hall–Kier alpha value is -2.24. The molecule has 1 aliphatic carbocycles. The number of urea groups is 1. The molecule has 3 amide bonds. The second-order valence-electron chi connectivity index (χ2n) is 5.87. The summed E-state index contributed by atoms with van der Waals surface area (Å²) in [5.41, 5.74) is 0.888. The van der Waals surface area contributed by atoms with Gasteiger partial charge in [-0.05, 0) is 30.5 Å². The summed E-state index contributed by atoms with van der Waals surface area (Å²) >= 11 is 0. The molecule has 6 heteroatoms. The van der Waals surface area contributed by atoms with Gasteiger partial charge in [-0.1, -0.05) is 12.1 Å². The standard InChI is InChI=1S/C16H21N3O3/c1-22-14-4-2-13(3-5-14)16(6-7-16)17-15(21)19-10-8-18(12-20)9-11-19/h2-5,12H,6-11H2,1H3,(H,17,21). The Balaban J connectivity index is 1.62. The van der Waals surface area contributed by atoms with Gasteiger partial charge in [0, 0.05) is 26.2 Å². The lowest BCUT2D eigenvalue weighted by molar-refractivity contribution is -0.119. The highest BCUT2D eigenvalue weighted by atomic mass is 16.5. The van der Waals surface area contributed by atoms with E-state index in [4.69, 9.17) is 4.74 Å². The van der Waals surface area contributed by atoms with Gasteiger partial charge in [0.25, 0.3) is 0 Å². The van der Waals surface area contributed by atoms with Gasteiger partial charge in [0.15, 0.2) is 0 Å². The number of nitrogens with one attached hydrogen (secondary N) is 1. The predicted molar refractivity (Wildman–Crippen MR) is 81.6 cm³/mol. The van der Waals surface area contributed by atoms with Gasteiger partial charge >= 0.3 is 6.03 Å². The van der Waals surface area contributed by atoms with E-state index in [2.05, 4.69) is 5.32 Å². The van der Waals surface area contributed by atoms with E-state index in [1.165, 1.54) is 0 Å². The highest BCUT2D eigenvalue weighted by molar-refractivity contribution is 5.76. The molecule has 0 radical (unpaired) electrons. The van der Waals surface area contributed by atoms with Crippen molar-refractivity contribution in [2.45, 2.75) is 18.4 Å². The SMILES string of the molecule is COc1ccc(C2(NC(=O)N3CCN(C=O)CC3)CC2)cc1. The van der Waals surface area contributed by atoms with E-state index in [1.807, 2.05) is 24.3 Å². The Morgan fingerprint density at radius 1 is 1.18 bits per heavy atom. The molecule has 1 saturated heterocycles. The third-order valence-corrected chi connectivity index (χ3v) is 4.49. The second-order valence-corrected chi connectivity index (χ2v) is 5.87. The number of piperazine rings is 1. The number of carbonyl (C=O) groups is 2. The Kier molecular flexibility index (Phi) is 3.92. The van der Waals surface area contributed by atoms with Crippen molar-refractivity contribution < 1.29 is 14.3 Å². The first-order valence-corrected chi connectivity index (χ1v) is 7.58. The molecule has 1 aromatic rings. The number of ether oxygens (including phenoxy) is 1. The van der Waals surface area contributed by atoms with E-state index in [-0.39, 0.29) is 11.6 Å². The van der Waals surface area contributed by atoms with Crippen LogP contribution in [-0.4, -0.2) is 55.5 Å². The zero-order valence-corrected chi connectivity index (χ0v) is 12.7. The summed E-state index contributed by atoms with van der Waals surface area (Å²) in [5.74, 6) is 0.816. The first-order valence-electron chi connectivity index (χ1n) is 7.58. The van der Waals surface area contributed by atoms with Gasteiger partial charge in [0.05, 0.1) is 12.6 Å². The molecule has 2 fully saturated rings. The maximum absolute atomic E-state index is 12.4. The van der Waals surface area contributed by atoms with Crippen LogP contribution in [0, 0.1) is 0 Å². The maximum Gasteiger partial charge on any atom is 0.318 e. The fourth-order valence-electron chi connectivity index (χ4n) is 2.84. The average Bonchev–Trinajstić information content (AvgIpc) is 3.35. The van der Waals surface area contributed by atoms with E-state index in [1.54, 1.807) is 16.9 Å². The molecule has 118 valence electrons. The van der Waals surface area contributed by atoms with Crippen molar-refractivity contribution in [3.8, 4) is 5.75 Å². The highest BCUT2D eigenvalue weighted by Crippen LogP contribution is 2.45. The quantitative estimate of drug-likeness (QED) is 0.849. The number of rotatable bonds is 4. The Morgan fingerprint density at radius 3 is 2.32 bits per heavy atom. The van der Waals surface area contributed by atoms with Gasteiger partial charge in [-0.3, -0.25) is 4.79 Å². The smallest absolute Gasteiger partial charge is 0.318 e. The van der Waals surface area contributed by atoms with Crippen molar-refractivity contribution in [2.24, 2.45) is 0 Å². The number of benzene rings is 1. The molecule has 1 N–H and O–H groups in total. The van der Waals surface area contributed by atoms with Crippen LogP contribution in [0.3, 0.4) is 0 Å². The van der Waals surface area contributed by atoms with Crippen LogP contribution in [0.5, 0.6) is 5.75 Å². The van der Waals surface area contributed by atoms with E-state index >= 15 is 0 Å². The minimum absolute atomic E-state index is 0.0427. The van der Waals surface area contributed by atoms with Crippen LogP contribution < -0.4 is 10.1 Å². The van der Waals surface area contributed by atoms with E-state index in [0.717, 1.165) is 30.6 Å². The van der Waals surface area contributed by atoms with Crippen LogP contribution in [-0.2, 0) is 10.3 Å². The Morgan fingerprint density at radius 2 is 1.82 bits per heavy atom. The van der Waals surface area contributed by atoms with Gasteiger partial charge in [0.2, 0.25) is 6.41 Å². The zero-order chi connectivity index (χ0) is 15.6. The van der Waals surface area contributed by atoms with Gasteiger partial charge in [-0.25, -0.2) is 4.79 Å². The van der Waals surface area contributed by atoms with Gasteiger partial charge in [-0.2, -0.15) is 0 Å². The summed E-state index contributed by atoms with van der Waals surface area (Å²) in [5, 5.41) is 3.16. The molecule has 0 aromatic heterocycles. The van der Waals surface area contributed by atoms with Crippen molar-refractivity contribution in [1.82, 2.24) is 15.1 Å². The van der Waals surface area contributed by atoms with Gasteiger partial charge in [-0.15, -0.1) is 0 Å². The molecular weight excluding hydrogens is 282 g/mol. The van der Waals surface area contributed by atoms with Crippen molar-refractivity contribution >= 4 is 12.4 Å². The number of methoxy groups -OCH3 is 1. The van der Waals surface area contributed by atoms with E-state index in [9.17, 15) is 9.59 Å². The molecule has 0 unspecified atom stereocenters. The molecule has 1 aromatic carbocycles. The molecule has 3 rings (SSSR count). The van der Waals surface area contributed by atoms with Crippen molar-refractivity contribution in [3.63, 3.8) is 0 Å². The average molecular weight is 303 g/mol. The topological polar surface area (TPSA) is 61.9 Å². The molecule has 22 heavy (non-hydrogen) atoms. The van der Waals surface area contributed by atoms with Gasteiger partial charge < -0.3 is 19.9 Å². The first kappa shape index (κ1) is 14.7. The predicted octanol–water partition coefficient (Wildman–Crippen LogP) is 1.17. The summed E-state index contributed by atoms with van der Waals surface area (Å²) in [6, 6.07) is 7.82. The van der Waals surface area contributed by atoms with Crippen LogP contribution >= 0.6 is 0 Å². The number of carbonyl (C=O) groups excluding carboxylic acids is 2. The molecule has 1 aliphatic heterocycles. The monoisotopic (exact) mass is 303 g/mol. The number of hydrogen-bond acceptors (Lipinski definition) is 3. The maximum atomic E-state index is 12.4. The van der Waals surface area contributed by atoms with Crippen molar-refractivity contribution in [3.05, 3.63) is 29.8 Å². The third-order valence-electron chi connectivity index (χ3n) is 4.49. The molecule has 0 bridgehead atoms. The fraction of sp³-hybridized carbons (Fsp3) is 0.500. The molecule has 6 nitrogen and oxygen atoms in total. The summed E-state index contributed by atoms with van der Waals surface area (Å²) in [6.07, 6.45) is 2.76. The lowest BCUT2D eigenvalue weighted by Gasteiger charge is -2.33. The largest absolute Gasteiger partial charge is 0.497 e. The number of amides is 3. The van der Waals surface area contributed by atoms with Crippen LogP contribution in [0.4, 0.5) is 4.79 Å². The lowest BCUT2D eigenvalue weighted by atomic mass is 10.0. The molecule has 1 heterocycles. The summed E-state index contributed by atoms with van der Waals surface area (Å²) < 4.78 is 5.17. The normalized spacial score (nSPS) is 19.5. The van der Waals surface area contributed by atoms with Crippen LogP contribution in [0.1, 0.15) is 18.4 Å². The minimum atomic E-state index is -0.231. The third kappa shape index (κ3) is 2.86. The van der Waals surface area contributed by atoms with E-state index < -0.39 is 0 Å². The minimum Gasteiger partial charge on any atom is -0.497 e. The summed E-state index contributed by atoms with van der Waals surface area (Å²) in [7, 11) is 1.64. The number of hydrogen-bond donors (Lipinski definition) is 1. The lowest BCUT2D eigenvalue weighted by Crippen LogP contribution is -2.53. The van der Waals surface area contributed by atoms with Crippen LogP contribution in [0.2, 0.25) is 0 Å².